The minimum Gasteiger partial charge on any atom is -0.485 e. The number of likely N-dealkylation sites (tertiary alicyclic amines) is 1. The summed E-state index contributed by atoms with van der Waals surface area (Å²) in [5.74, 6) is 0.662. The van der Waals surface area contributed by atoms with Gasteiger partial charge in [-0.2, -0.15) is 0 Å². The molecule has 1 atom stereocenters. The molecule has 0 bridgehead atoms. The van der Waals surface area contributed by atoms with Gasteiger partial charge in [-0.15, -0.1) is 0 Å². The Bertz CT molecular complexity index is 743. The van der Waals surface area contributed by atoms with Crippen LogP contribution in [-0.4, -0.2) is 28.4 Å². The number of carbonyl (C=O) groups excluding carboxylic acids is 1. The number of carbonyl (C=O) groups is 1. The monoisotopic (exact) mass is 358 g/mol. The zero-order chi connectivity index (χ0) is 17.8. The van der Waals surface area contributed by atoms with Gasteiger partial charge in [-0.25, -0.2) is 4.98 Å². The van der Waals surface area contributed by atoms with Crippen LogP contribution in [0.5, 0.6) is 5.75 Å². The van der Waals surface area contributed by atoms with Gasteiger partial charge in [0.2, 0.25) is 0 Å². The lowest BCUT2D eigenvalue weighted by Crippen LogP contribution is -2.42. The molecule has 132 valence electrons. The largest absolute Gasteiger partial charge is 0.485 e. The molecule has 0 aliphatic carbocycles. The minimum absolute atomic E-state index is 0.00275. The Balaban J connectivity index is 1.72. The molecule has 1 aromatic carbocycles. The molecule has 0 saturated carbocycles. The van der Waals surface area contributed by atoms with Crippen LogP contribution in [0.4, 0.5) is 0 Å². The van der Waals surface area contributed by atoms with Crippen molar-refractivity contribution in [2.75, 3.05) is 6.54 Å². The van der Waals surface area contributed by atoms with E-state index in [4.69, 9.17) is 16.3 Å². The molecule has 1 saturated heterocycles. The van der Waals surface area contributed by atoms with Gasteiger partial charge in [-0.05, 0) is 56.9 Å². The number of para-hydroxylation sites is 1. The molecule has 4 nitrogen and oxygen atoms in total. The summed E-state index contributed by atoms with van der Waals surface area (Å²) in [5.41, 5.74) is 2.17. The molecule has 1 aromatic heterocycles. The van der Waals surface area contributed by atoms with Crippen LogP contribution in [0.1, 0.15) is 47.9 Å². The topological polar surface area (TPSA) is 42.4 Å². The van der Waals surface area contributed by atoms with Crippen LogP contribution in [0.15, 0.2) is 36.4 Å². The number of amides is 1. The van der Waals surface area contributed by atoms with Crippen LogP contribution < -0.4 is 4.74 Å². The molecule has 1 unspecified atom stereocenters. The lowest BCUT2D eigenvalue weighted by molar-refractivity contribution is 0.0629. The fraction of sp³-hybridized carbons (Fsp3) is 0.400. The van der Waals surface area contributed by atoms with E-state index in [1.54, 1.807) is 12.1 Å². The Morgan fingerprint density at radius 1 is 1.28 bits per heavy atom. The predicted molar refractivity (Wildman–Crippen MR) is 99.1 cm³/mol. The smallest absolute Gasteiger partial charge is 0.272 e. The van der Waals surface area contributed by atoms with Crippen molar-refractivity contribution in [3.05, 3.63) is 58.4 Å². The highest BCUT2D eigenvalue weighted by Gasteiger charge is 2.25. The molecule has 2 heterocycles. The molecule has 1 aliphatic heterocycles. The lowest BCUT2D eigenvalue weighted by Gasteiger charge is -2.33. The number of aryl methyl sites for hydroxylation is 1. The van der Waals surface area contributed by atoms with Crippen LogP contribution in [0.3, 0.4) is 0 Å². The second kappa shape index (κ2) is 7.87. The number of piperidine rings is 1. The molecule has 1 amide bonds. The van der Waals surface area contributed by atoms with Crippen molar-refractivity contribution >= 4 is 17.5 Å². The number of aromatic nitrogens is 1. The summed E-state index contributed by atoms with van der Waals surface area (Å²) in [7, 11) is 0. The Hall–Kier alpha value is -2.07. The second-order valence-electron chi connectivity index (χ2n) is 6.53. The number of halogens is 1. The van der Waals surface area contributed by atoms with E-state index < -0.39 is 0 Å². The van der Waals surface area contributed by atoms with Crippen molar-refractivity contribution in [1.29, 1.82) is 0 Å². The van der Waals surface area contributed by atoms with E-state index in [1.165, 1.54) is 6.42 Å². The van der Waals surface area contributed by atoms with Crippen LogP contribution in [0.25, 0.3) is 0 Å². The standard InChI is InChI=1S/C20H23ClN2O2/c1-14-7-5-10-17(21)19(14)25-13-16-9-6-11-18(22-16)20(24)23-12-4-3-8-15(23)2/h5-7,9-11,15H,3-4,8,12-13H2,1-2H3. The fourth-order valence-corrected chi connectivity index (χ4v) is 3.45. The third kappa shape index (κ3) is 4.13. The summed E-state index contributed by atoms with van der Waals surface area (Å²) in [6.07, 6.45) is 3.30. The van der Waals surface area contributed by atoms with Gasteiger partial charge in [0.1, 0.15) is 18.1 Å². The van der Waals surface area contributed by atoms with Gasteiger partial charge in [0.25, 0.3) is 5.91 Å². The van der Waals surface area contributed by atoms with Crippen molar-refractivity contribution in [3.63, 3.8) is 0 Å². The molecule has 0 radical (unpaired) electrons. The quantitative estimate of drug-likeness (QED) is 0.799. The number of ether oxygens (including phenoxy) is 1. The number of nitrogens with zero attached hydrogens (tertiary/aromatic N) is 2. The van der Waals surface area contributed by atoms with Crippen molar-refractivity contribution in [2.24, 2.45) is 0 Å². The predicted octanol–water partition coefficient (Wildman–Crippen LogP) is 4.64. The lowest BCUT2D eigenvalue weighted by atomic mass is 10.0. The van der Waals surface area contributed by atoms with Crippen molar-refractivity contribution in [1.82, 2.24) is 9.88 Å². The van der Waals surface area contributed by atoms with Crippen molar-refractivity contribution in [3.8, 4) is 5.75 Å². The van der Waals surface area contributed by atoms with Gasteiger partial charge < -0.3 is 9.64 Å². The van der Waals surface area contributed by atoms with Gasteiger partial charge in [-0.1, -0.05) is 29.8 Å². The summed E-state index contributed by atoms with van der Waals surface area (Å²) in [4.78, 5) is 19.2. The number of benzene rings is 1. The SMILES string of the molecule is Cc1cccc(Cl)c1OCc1cccc(C(=O)N2CCCCC2C)n1. The molecule has 0 spiro atoms. The average molecular weight is 359 g/mol. The molecule has 25 heavy (non-hydrogen) atoms. The maximum atomic E-state index is 12.7. The Morgan fingerprint density at radius 3 is 2.84 bits per heavy atom. The summed E-state index contributed by atoms with van der Waals surface area (Å²) >= 11 is 6.19. The molecular weight excluding hydrogens is 336 g/mol. The second-order valence-corrected chi connectivity index (χ2v) is 6.94. The number of hydrogen-bond donors (Lipinski definition) is 0. The third-order valence-corrected chi connectivity index (χ3v) is 4.92. The zero-order valence-electron chi connectivity index (χ0n) is 14.7. The third-order valence-electron chi connectivity index (χ3n) is 4.62. The highest BCUT2D eigenvalue weighted by Crippen LogP contribution is 2.28. The number of pyridine rings is 1. The summed E-state index contributed by atoms with van der Waals surface area (Å²) in [5, 5.41) is 0.578. The Kier molecular flexibility index (Phi) is 5.59. The Morgan fingerprint density at radius 2 is 2.08 bits per heavy atom. The highest BCUT2D eigenvalue weighted by molar-refractivity contribution is 6.32. The summed E-state index contributed by atoms with van der Waals surface area (Å²) < 4.78 is 5.84. The van der Waals surface area contributed by atoms with Gasteiger partial charge >= 0.3 is 0 Å². The van der Waals surface area contributed by atoms with Crippen LogP contribution >= 0.6 is 11.6 Å². The van der Waals surface area contributed by atoms with Crippen LogP contribution in [0, 0.1) is 6.92 Å². The molecule has 1 fully saturated rings. The first-order valence-electron chi connectivity index (χ1n) is 8.71. The van der Waals surface area contributed by atoms with E-state index in [2.05, 4.69) is 11.9 Å². The minimum atomic E-state index is 0.00275. The molecular formula is C20H23ClN2O2. The van der Waals surface area contributed by atoms with Gasteiger partial charge in [0.15, 0.2) is 0 Å². The van der Waals surface area contributed by atoms with E-state index in [9.17, 15) is 4.79 Å². The van der Waals surface area contributed by atoms with Crippen molar-refractivity contribution in [2.45, 2.75) is 45.8 Å². The summed E-state index contributed by atoms with van der Waals surface area (Å²) in [6.45, 7) is 5.14. The van der Waals surface area contributed by atoms with Crippen LogP contribution in [-0.2, 0) is 6.61 Å². The van der Waals surface area contributed by atoms with E-state index in [0.717, 1.165) is 30.6 Å². The maximum absolute atomic E-state index is 12.7. The Labute approximate surface area is 153 Å². The normalized spacial score (nSPS) is 17.4. The molecule has 2 aromatic rings. The van der Waals surface area contributed by atoms with Gasteiger partial charge in [0.05, 0.1) is 10.7 Å². The first kappa shape index (κ1) is 17.7. The summed E-state index contributed by atoms with van der Waals surface area (Å²) in [6, 6.07) is 11.4. The van der Waals surface area contributed by atoms with Crippen LogP contribution in [0.2, 0.25) is 5.02 Å². The average Bonchev–Trinajstić information content (AvgIpc) is 2.61. The fourth-order valence-electron chi connectivity index (χ4n) is 3.17. The molecule has 0 N–H and O–H groups in total. The van der Waals surface area contributed by atoms with E-state index in [0.29, 0.717) is 16.5 Å². The number of hydrogen-bond acceptors (Lipinski definition) is 3. The van der Waals surface area contributed by atoms with Gasteiger partial charge in [0, 0.05) is 12.6 Å². The first-order valence-corrected chi connectivity index (χ1v) is 9.09. The zero-order valence-corrected chi connectivity index (χ0v) is 15.4. The molecule has 1 aliphatic rings. The van der Waals surface area contributed by atoms with E-state index in [-0.39, 0.29) is 18.6 Å². The van der Waals surface area contributed by atoms with Crippen molar-refractivity contribution < 1.29 is 9.53 Å². The molecule has 3 rings (SSSR count). The number of rotatable bonds is 4. The highest BCUT2D eigenvalue weighted by atomic mass is 35.5. The first-order chi connectivity index (χ1) is 12.1. The van der Waals surface area contributed by atoms with E-state index in [1.807, 2.05) is 36.1 Å². The molecule has 5 heteroatoms. The van der Waals surface area contributed by atoms with Gasteiger partial charge in [-0.3, -0.25) is 4.79 Å². The maximum Gasteiger partial charge on any atom is 0.272 e. The van der Waals surface area contributed by atoms with E-state index >= 15 is 0 Å².